The summed E-state index contributed by atoms with van der Waals surface area (Å²) in [5.41, 5.74) is 5.99. The number of fused-ring (bicyclic) bond motifs is 1. The lowest BCUT2D eigenvalue weighted by Gasteiger charge is -2.11. The Balaban J connectivity index is 1.62. The Kier molecular flexibility index (Phi) is 6.15. The first-order chi connectivity index (χ1) is 18.6. The SMILES string of the molecule is [2H]C([2H])(NC(=O)c1nc(N)nc2c(OC)cccc12)c1cccc(C([2H])([2H])c2cccc(OCCOC)c2)n1. The average molecular weight is 478 g/mol. The van der Waals surface area contributed by atoms with Gasteiger partial charge in [-0.05, 0) is 35.9 Å². The first-order valence-electron chi connectivity index (χ1n) is 12.7. The number of benzene rings is 2. The molecule has 180 valence electrons. The Bertz CT molecular complexity index is 1500. The van der Waals surface area contributed by atoms with Gasteiger partial charge in [-0.15, -0.1) is 0 Å². The summed E-state index contributed by atoms with van der Waals surface area (Å²) in [7, 11) is 3.01. The van der Waals surface area contributed by atoms with Crippen LogP contribution in [0.25, 0.3) is 10.9 Å². The Morgan fingerprint density at radius 3 is 2.63 bits per heavy atom. The maximum atomic E-state index is 13.2. The lowest BCUT2D eigenvalue weighted by atomic mass is 10.1. The van der Waals surface area contributed by atoms with Crippen molar-refractivity contribution >= 4 is 22.8 Å². The van der Waals surface area contributed by atoms with Crippen LogP contribution >= 0.6 is 0 Å². The number of hydrogen-bond donors (Lipinski definition) is 2. The summed E-state index contributed by atoms with van der Waals surface area (Å²) >= 11 is 0. The Labute approximate surface area is 208 Å². The highest BCUT2D eigenvalue weighted by molar-refractivity contribution is 6.05. The molecule has 2 heterocycles. The summed E-state index contributed by atoms with van der Waals surface area (Å²) in [5, 5.41) is 2.61. The molecule has 0 saturated heterocycles. The van der Waals surface area contributed by atoms with Crippen molar-refractivity contribution in [2.45, 2.75) is 12.9 Å². The standard InChI is InChI=1S/C26H27N5O4/c1-33-12-13-35-20-9-3-6-17(15-20)14-18-7-4-8-19(29-18)16-28-25(32)24-21-10-5-11-22(34-2)23(21)30-26(27)31-24/h3-11,15H,12-14,16H2,1-2H3,(H,28,32)(H2,27,30,31)/i14D2,16D2. The molecule has 0 fully saturated rings. The van der Waals surface area contributed by atoms with Crippen LogP contribution in [0.5, 0.6) is 11.5 Å². The van der Waals surface area contributed by atoms with E-state index in [1.54, 1.807) is 49.6 Å². The van der Waals surface area contributed by atoms with Gasteiger partial charge in [-0.1, -0.05) is 30.3 Å². The van der Waals surface area contributed by atoms with Crippen LogP contribution in [0.1, 0.15) is 32.9 Å². The number of nitrogens with one attached hydrogen (secondary N) is 1. The smallest absolute Gasteiger partial charge is 0.271 e. The van der Waals surface area contributed by atoms with Crippen LogP contribution in [0.15, 0.2) is 60.7 Å². The largest absolute Gasteiger partial charge is 0.494 e. The Morgan fingerprint density at radius 2 is 1.80 bits per heavy atom. The summed E-state index contributed by atoms with van der Waals surface area (Å²) < 4.78 is 50.4. The first-order valence-corrected chi connectivity index (χ1v) is 10.7. The van der Waals surface area contributed by atoms with Crippen LogP contribution in [0, 0.1) is 0 Å². The van der Waals surface area contributed by atoms with Crippen molar-refractivity contribution in [1.82, 2.24) is 20.3 Å². The number of nitrogens with two attached hydrogens (primary N) is 1. The number of pyridine rings is 1. The van der Waals surface area contributed by atoms with Gasteiger partial charge in [-0.2, -0.15) is 0 Å². The number of ether oxygens (including phenoxy) is 3. The van der Waals surface area contributed by atoms with E-state index in [9.17, 15) is 4.79 Å². The zero-order valence-electron chi connectivity index (χ0n) is 23.2. The molecule has 9 nitrogen and oxygen atoms in total. The van der Waals surface area contributed by atoms with Gasteiger partial charge < -0.3 is 25.3 Å². The average Bonchev–Trinajstić information content (AvgIpc) is 2.92. The molecule has 0 saturated carbocycles. The zero-order chi connectivity index (χ0) is 28.2. The minimum atomic E-state index is -2.49. The van der Waals surface area contributed by atoms with Crippen molar-refractivity contribution in [2.75, 3.05) is 33.2 Å². The van der Waals surface area contributed by atoms with Gasteiger partial charge in [0.15, 0.2) is 0 Å². The second-order valence-corrected chi connectivity index (χ2v) is 7.27. The second kappa shape index (κ2) is 11.3. The number of carbonyl (C=O) groups excluding carboxylic acids is 1. The molecule has 0 spiro atoms. The van der Waals surface area contributed by atoms with E-state index in [1.807, 2.05) is 0 Å². The van der Waals surface area contributed by atoms with Crippen molar-refractivity contribution < 1.29 is 24.5 Å². The third-order valence-electron chi connectivity index (χ3n) is 4.86. The van der Waals surface area contributed by atoms with Gasteiger partial charge in [0.1, 0.15) is 29.3 Å². The highest BCUT2D eigenvalue weighted by Crippen LogP contribution is 2.26. The number of amides is 1. The third-order valence-corrected chi connectivity index (χ3v) is 4.86. The number of rotatable bonds is 10. The fraction of sp³-hybridized carbons (Fsp3) is 0.231. The number of carbonyl (C=O) groups is 1. The number of aromatic nitrogens is 3. The number of nitrogen functional groups attached to an aromatic ring is 1. The van der Waals surface area contributed by atoms with Crippen molar-refractivity contribution in [3.8, 4) is 11.5 Å². The minimum absolute atomic E-state index is 0.0476. The molecule has 0 aliphatic heterocycles. The molecule has 0 atom stereocenters. The van der Waals surface area contributed by atoms with Gasteiger partial charge in [-0.3, -0.25) is 9.78 Å². The van der Waals surface area contributed by atoms with Crippen LogP contribution in [0.3, 0.4) is 0 Å². The van der Waals surface area contributed by atoms with E-state index in [0.29, 0.717) is 35.6 Å². The van der Waals surface area contributed by atoms with Crippen molar-refractivity contribution in [1.29, 1.82) is 0 Å². The van der Waals surface area contributed by atoms with E-state index in [-0.39, 0.29) is 28.6 Å². The summed E-state index contributed by atoms with van der Waals surface area (Å²) in [6.07, 6.45) is -2.09. The van der Waals surface area contributed by atoms with Gasteiger partial charge in [0.05, 0.1) is 28.6 Å². The molecule has 2 aromatic heterocycles. The predicted octanol–water partition coefficient (Wildman–Crippen LogP) is 3.16. The molecule has 0 aliphatic rings. The molecule has 4 rings (SSSR count). The van der Waals surface area contributed by atoms with Crippen LogP contribution in [-0.2, 0) is 17.6 Å². The maximum absolute atomic E-state index is 13.2. The maximum Gasteiger partial charge on any atom is 0.271 e. The molecule has 35 heavy (non-hydrogen) atoms. The fourth-order valence-electron chi connectivity index (χ4n) is 3.29. The molecular weight excluding hydrogens is 446 g/mol. The second-order valence-electron chi connectivity index (χ2n) is 7.27. The predicted molar refractivity (Wildman–Crippen MR) is 133 cm³/mol. The van der Waals surface area contributed by atoms with Gasteiger partial charge in [0.2, 0.25) is 5.95 Å². The Morgan fingerprint density at radius 1 is 1.00 bits per heavy atom. The minimum Gasteiger partial charge on any atom is -0.494 e. The van der Waals surface area contributed by atoms with Crippen molar-refractivity contribution in [3.63, 3.8) is 0 Å². The topological polar surface area (TPSA) is 121 Å². The highest BCUT2D eigenvalue weighted by Gasteiger charge is 2.16. The molecule has 4 aromatic rings. The molecule has 0 unspecified atom stereocenters. The molecule has 0 radical (unpaired) electrons. The van der Waals surface area contributed by atoms with Crippen molar-refractivity contribution in [3.05, 3.63) is 83.3 Å². The lowest BCUT2D eigenvalue weighted by Crippen LogP contribution is -2.25. The molecule has 2 aromatic carbocycles. The van der Waals surface area contributed by atoms with Gasteiger partial charge in [0.25, 0.3) is 5.91 Å². The third kappa shape index (κ3) is 6.01. The van der Waals surface area contributed by atoms with E-state index < -0.39 is 18.8 Å². The molecule has 3 N–H and O–H groups in total. The zero-order valence-corrected chi connectivity index (χ0v) is 19.2. The number of methoxy groups -OCH3 is 2. The summed E-state index contributed by atoms with van der Waals surface area (Å²) in [5.74, 6) is -0.202. The molecule has 0 bridgehead atoms. The van der Waals surface area contributed by atoms with E-state index in [0.717, 1.165) is 0 Å². The number of para-hydroxylation sites is 1. The highest BCUT2D eigenvalue weighted by atomic mass is 16.5. The summed E-state index contributed by atoms with van der Waals surface area (Å²) in [4.78, 5) is 25.6. The number of nitrogens with zero attached hydrogens (tertiary/aromatic N) is 3. The first kappa shape index (κ1) is 19.1. The normalized spacial score (nSPS) is 13.3. The molecular formula is C26H27N5O4. The fourth-order valence-corrected chi connectivity index (χ4v) is 3.29. The van der Waals surface area contributed by atoms with Gasteiger partial charge >= 0.3 is 0 Å². The number of hydrogen-bond acceptors (Lipinski definition) is 8. The molecule has 1 amide bonds. The molecule has 0 aliphatic carbocycles. The molecule has 9 heteroatoms. The van der Waals surface area contributed by atoms with Gasteiger partial charge in [-0.25, -0.2) is 9.97 Å². The van der Waals surface area contributed by atoms with E-state index in [4.69, 9.17) is 25.4 Å². The van der Waals surface area contributed by atoms with E-state index >= 15 is 0 Å². The van der Waals surface area contributed by atoms with Crippen LogP contribution < -0.4 is 20.5 Å². The van der Waals surface area contributed by atoms with E-state index in [1.165, 1.54) is 25.3 Å². The van der Waals surface area contributed by atoms with Crippen molar-refractivity contribution in [2.24, 2.45) is 0 Å². The summed E-state index contributed by atoms with van der Waals surface area (Å²) in [6, 6.07) is 15.7. The van der Waals surface area contributed by atoms with Crippen LogP contribution in [0.4, 0.5) is 5.95 Å². The van der Waals surface area contributed by atoms with Crippen LogP contribution in [-0.4, -0.2) is 48.3 Å². The van der Waals surface area contributed by atoms with E-state index in [2.05, 4.69) is 20.3 Å². The monoisotopic (exact) mass is 477 g/mol. The summed E-state index contributed by atoms with van der Waals surface area (Å²) in [6.45, 7) is -1.80. The van der Waals surface area contributed by atoms with Gasteiger partial charge in [0, 0.05) is 27.3 Å². The Hall–Kier alpha value is -4.24. The van der Waals surface area contributed by atoms with Crippen LogP contribution in [0.2, 0.25) is 0 Å². The quantitative estimate of drug-likeness (QED) is 0.334. The number of anilines is 1. The lowest BCUT2D eigenvalue weighted by molar-refractivity contribution is 0.0947.